The summed E-state index contributed by atoms with van der Waals surface area (Å²) in [6, 6.07) is 16.6. The molecule has 0 spiro atoms. The highest BCUT2D eigenvalue weighted by molar-refractivity contribution is 7.99. The summed E-state index contributed by atoms with van der Waals surface area (Å²) in [5.41, 5.74) is 5.40. The van der Waals surface area contributed by atoms with Gasteiger partial charge in [-0.3, -0.25) is 0 Å². The number of aromatic nitrogens is 2. The van der Waals surface area contributed by atoms with E-state index in [4.69, 9.17) is 16.6 Å². The topological polar surface area (TPSA) is 25.8 Å². The van der Waals surface area contributed by atoms with Gasteiger partial charge in [0.1, 0.15) is 5.15 Å². The van der Waals surface area contributed by atoms with Crippen molar-refractivity contribution in [3.05, 3.63) is 64.8 Å². The number of benzene rings is 2. The molecule has 0 saturated heterocycles. The van der Waals surface area contributed by atoms with Crippen molar-refractivity contribution in [3.63, 3.8) is 0 Å². The average molecular weight is 339 g/mol. The lowest BCUT2D eigenvalue weighted by Gasteiger charge is -2.11. The summed E-state index contributed by atoms with van der Waals surface area (Å²) in [6.45, 7) is 2.07. The van der Waals surface area contributed by atoms with Crippen LogP contribution in [-0.2, 0) is 6.42 Å². The number of hydrogen-bond acceptors (Lipinski definition) is 3. The molecule has 4 rings (SSSR count). The predicted octanol–water partition coefficient (Wildman–Crippen LogP) is 5.42. The molecule has 0 bridgehead atoms. The summed E-state index contributed by atoms with van der Waals surface area (Å²) in [4.78, 5) is 10.7. The van der Waals surface area contributed by atoms with Crippen LogP contribution in [0, 0.1) is 6.92 Å². The summed E-state index contributed by atoms with van der Waals surface area (Å²) in [5, 5.41) is 0.572. The van der Waals surface area contributed by atoms with Crippen molar-refractivity contribution in [1.82, 2.24) is 9.97 Å². The third kappa shape index (κ3) is 2.75. The number of aryl methyl sites for hydroxylation is 1. The van der Waals surface area contributed by atoms with Crippen molar-refractivity contribution in [3.8, 4) is 22.6 Å². The molecule has 3 aromatic rings. The van der Waals surface area contributed by atoms with Gasteiger partial charge in [-0.15, -0.1) is 11.8 Å². The molecule has 1 aliphatic heterocycles. The van der Waals surface area contributed by atoms with Gasteiger partial charge in [0.15, 0.2) is 5.82 Å². The Balaban J connectivity index is 1.93. The fourth-order valence-electron chi connectivity index (χ4n) is 2.78. The van der Waals surface area contributed by atoms with Crippen LogP contribution >= 0.6 is 23.4 Å². The largest absolute Gasteiger partial charge is 0.228 e. The van der Waals surface area contributed by atoms with Crippen molar-refractivity contribution < 1.29 is 0 Å². The van der Waals surface area contributed by atoms with Crippen LogP contribution in [0.2, 0.25) is 5.15 Å². The minimum Gasteiger partial charge on any atom is -0.228 e. The third-order valence-corrected chi connectivity index (χ3v) is 5.41. The Morgan fingerprint density at radius 1 is 1.00 bits per heavy atom. The van der Waals surface area contributed by atoms with Gasteiger partial charge in [-0.05, 0) is 19.4 Å². The summed E-state index contributed by atoms with van der Waals surface area (Å²) in [6.07, 6.45) is 0.891. The molecule has 0 amide bonds. The molecule has 4 heteroatoms. The van der Waals surface area contributed by atoms with E-state index < -0.39 is 0 Å². The molecule has 2 nitrogen and oxygen atoms in total. The Kier molecular flexibility index (Phi) is 3.83. The smallest absolute Gasteiger partial charge is 0.161 e. The highest BCUT2D eigenvalue weighted by Crippen LogP contribution is 2.39. The second-order valence-corrected chi connectivity index (χ2v) is 7.12. The standard InChI is InChI=1S/C19H15ClN2S/c1-12-6-8-13(9-7-12)19-21-17-14-4-2-3-5-16(14)23-11-10-15(17)18(20)22-19/h2-9H,10-11H2,1H3. The van der Waals surface area contributed by atoms with Crippen LogP contribution in [0.15, 0.2) is 53.4 Å². The van der Waals surface area contributed by atoms with E-state index >= 15 is 0 Å². The molecular formula is C19H15ClN2S. The molecule has 2 heterocycles. The minimum absolute atomic E-state index is 0.572. The zero-order valence-electron chi connectivity index (χ0n) is 12.7. The second-order valence-electron chi connectivity index (χ2n) is 5.63. The van der Waals surface area contributed by atoms with Crippen molar-refractivity contribution in [2.75, 3.05) is 5.75 Å². The monoisotopic (exact) mass is 338 g/mol. The minimum atomic E-state index is 0.572. The Morgan fingerprint density at radius 2 is 1.78 bits per heavy atom. The van der Waals surface area contributed by atoms with Gasteiger partial charge in [0.25, 0.3) is 0 Å². The lowest BCUT2D eigenvalue weighted by atomic mass is 10.0. The number of rotatable bonds is 1. The molecule has 0 N–H and O–H groups in total. The SMILES string of the molecule is Cc1ccc(-c2nc(Cl)c3c(n2)-c2ccccc2SCC3)cc1. The summed E-state index contributed by atoms with van der Waals surface area (Å²) in [5.74, 6) is 1.69. The van der Waals surface area contributed by atoms with Gasteiger partial charge >= 0.3 is 0 Å². The first-order chi connectivity index (χ1) is 11.2. The van der Waals surface area contributed by atoms with E-state index in [9.17, 15) is 0 Å². The first-order valence-electron chi connectivity index (χ1n) is 7.58. The number of nitrogens with zero attached hydrogens (tertiary/aromatic N) is 2. The molecule has 114 valence electrons. The molecule has 0 radical (unpaired) electrons. The fourth-order valence-corrected chi connectivity index (χ4v) is 4.07. The van der Waals surface area contributed by atoms with E-state index in [-0.39, 0.29) is 0 Å². The van der Waals surface area contributed by atoms with E-state index in [1.807, 2.05) is 23.9 Å². The van der Waals surface area contributed by atoms with Crippen LogP contribution in [0.3, 0.4) is 0 Å². The number of hydrogen-bond donors (Lipinski definition) is 0. The lowest BCUT2D eigenvalue weighted by molar-refractivity contribution is 1.07. The predicted molar refractivity (Wildman–Crippen MR) is 97.1 cm³/mol. The third-order valence-electron chi connectivity index (χ3n) is 4.02. The van der Waals surface area contributed by atoms with E-state index in [1.165, 1.54) is 10.5 Å². The number of fused-ring (bicyclic) bond motifs is 3. The van der Waals surface area contributed by atoms with Crippen molar-refractivity contribution in [2.24, 2.45) is 0 Å². The van der Waals surface area contributed by atoms with Gasteiger partial charge in [0, 0.05) is 27.3 Å². The molecule has 23 heavy (non-hydrogen) atoms. The molecule has 0 fully saturated rings. The van der Waals surface area contributed by atoms with Crippen LogP contribution < -0.4 is 0 Å². The highest BCUT2D eigenvalue weighted by Gasteiger charge is 2.20. The normalized spacial score (nSPS) is 13.1. The average Bonchev–Trinajstić information content (AvgIpc) is 2.75. The second kappa shape index (κ2) is 5.99. The van der Waals surface area contributed by atoms with Gasteiger partial charge in [-0.25, -0.2) is 9.97 Å². The molecular weight excluding hydrogens is 324 g/mol. The maximum Gasteiger partial charge on any atom is 0.161 e. The van der Waals surface area contributed by atoms with Crippen LogP contribution in [0.25, 0.3) is 22.6 Å². The fraction of sp³-hybridized carbons (Fsp3) is 0.158. The van der Waals surface area contributed by atoms with Gasteiger partial charge in [-0.2, -0.15) is 0 Å². The molecule has 0 saturated carbocycles. The van der Waals surface area contributed by atoms with Gasteiger partial charge < -0.3 is 0 Å². The van der Waals surface area contributed by atoms with E-state index in [2.05, 4.69) is 48.3 Å². The highest BCUT2D eigenvalue weighted by atomic mass is 35.5. The van der Waals surface area contributed by atoms with E-state index in [0.717, 1.165) is 34.6 Å². The van der Waals surface area contributed by atoms with Crippen molar-refractivity contribution in [1.29, 1.82) is 0 Å². The first-order valence-corrected chi connectivity index (χ1v) is 8.94. The van der Waals surface area contributed by atoms with Crippen LogP contribution in [0.4, 0.5) is 0 Å². The van der Waals surface area contributed by atoms with Gasteiger partial charge in [-0.1, -0.05) is 59.6 Å². The molecule has 1 aromatic heterocycles. The molecule has 2 aromatic carbocycles. The maximum absolute atomic E-state index is 6.51. The van der Waals surface area contributed by atoms with Gasteiger partial charge in [0.2, 0.25) is 0 Å². The molecule has 1 aliphatic rings. The quantitative estimate of drug-likeness (QED) is 0.554. The summed E-state index contributed by atoms with van der Waals surface area (Å²) < 4.78 is 0. The van der Waals surface area contributed by atoms with Crippen LogP contribution in [-0.4, -0.2) is 15.7 Å². The molecule has 0 atom stereocenters. The summed E-state index contributed by atoms with van der Waals surface area (Å²) >= 11 is 8.36. The van der Waals surface area contributed by atoms with Crippen LogP contribution in [0.1, 0.15) is 11.1 Å². The lowest BCUT2D eigenvalue weighted by Crippen LogP contribution is -2.00. The van der Waals surface area contributed by atoms with Gasteiger partial charge in [0.05, 0.1) is 5.69 Å². The van der Waals surface area contributed by atoms with Crippen molar-refractivity contribution >= 4 is 23.4 Å². The maximum atomic E-state index is 6.51. The van der Waals surface area contributed by atoms with Crippen LogP contribution in [0.5, 0.6) is 0 Å². The summed E-state index contributed by atoms with van der Waals surface area (Å²) in [7, 11) is 0. The Morgan fingerprint density at radius 3 is 2.61 bits per heavy atom. The van der Waals surface area contributed by atoms with Crippen molar-refractivity contribution in [2.45, 2.75) is 18.2 Å². The zero-order valence-corrected chi connectivity index (χ0v) is 14.3. The Labute approximate surface area is 145 Å². The first kappa shape index (κ1) is 14.7. The molecule has 0 unspecified atom stereocenters. The van der Waals surface area contributed by atoms with E-state index in [1.54, 1.807) is 0 Å². The number of thioether (sulfide) groups is 1. The number of halogens is 1. The Bertz CT molecular complexity index is 875. The molecule has 0 aliphatic carbocycles. The zero-order chi connectivity index (χ0) is 15.8. The van der Waals surface area contributed by atoms with E-state index in [0.29, 0.717) is 11.0 Å². The Hall–Kier alpha value is -1.84.